The number of aryl methyl sites for hydroxylation is 1. The van der Waals surface area contributed by atoms with E-state index in [2.05, 4.69) is 4.98 Å². The topological polar surface area (TPSA) is 79.4 Å². The van der Waals surface area contributed by atoms with Gasteiger partial charge in [0.05, 0.1) is 19.4 Å². The second-order valence-corrected chi connectivity index (χ2v) is 4.26. The molecule has 1 aromatic carbocycles. The molecule has 2 N–H and O–H groups in total. The molecular weight excluding hydrogens is 277 g/mol. The third kappa shape index (κ3) is 2.67. The lowest BCUT2D eigenvalue weighted by Gasteiger charge is -2.12. The lowest BCUT2D eigenvalue weighted by Crippen LogP contribution is -2.10. The highest BCUT2D eigenvalue weighted by Gasteiger charge is 2.22. The Balaban J connectivity index is 2.58. The molecule has 2 aromatic rings. The van der Waals surface area contributed by atoms with Crippen LogP contribution >= 0.6 is 0 Å². The number of anilines is 1. The molecule has 6 nitrogen and oxygen atoms in total. The Bertz CT molecular complexity index is 682. The standard InChI is InChI=1S/C14H16FN3O3/c1-4-21-14(19)12-13(16)18(8(2)17-12)10-6-5-9(15)7-11(10)20-3/h5-7H,4,16H2,1-3H3. The van der Waals surface area contributed by atoms with Crippen molar-refractivity contribution in [2.45, 2.75) is 13.8 Å². The fourth-order valence-corrected chi connectivity index (χ4v) is 2.04. The van der Waals surface area contributed by atoms with Crippen molar-refractivity contribution < 1.29 is 18.7 Å². The Labute approximate surface area is 121 Å². The van der Waals surface area contributed by atoms with Crippen molar-refractivity contribution in [1.29, 1.82) is 0 Å². The number of nitrogens with two attached hydrogens (primary N) is 1. The summed E-state index contributed by atoms with van der Waals surface area (Å²) in [7, 11) is 1.42. The normalized spacial score (nSPS) is 10.5. The van der Waals surface area contributed by atoms with Gasteiger partial charge in [-0.25, -0.2) is 14.2 Å². The number of aromatic nitrogens is 2. The molecule has 0 bridgehead atoms. The number of nitrogen functional groups attached to an aromatic ring is 1. The molecule has 2 rings (SSSR count). The van der Waals surface area contributed by atoms with Crippen molar-refractivity contribution in [2.75, 3.05) is 19.5 Å². The molecule has 21 heavy (non-hydrogen) atoms. The van der Waals surface area contributed by atoms with E-state index in [1.165, 1.54) is 29.9 Å². The van der Waals surface area contributed by atoms with Gasteiger partial charge in [0, 0.05) is 6.07 Å². The fourth-order valence-electron chi connectivity index (χ4n) is 2.04. The number of imidazole rings is 1. The Kier molecular flexibility index (Phi) is 4.11. The van der Waals surface area contributed by atoms with Crippen LogP contribution in [0.3, 0.4) is 0 Å². The van der Waals surface area contributed by atoms with E-state index in [0.717, 1.165) is 0 Å². The molecule has 0 spiro atoms. The molecular formula is C14H16FN3O3. The first kappa shape index (κ1) is 14.8. The lowest BCUT2D eigenvalue weighted by atomic mass is 10.2. The highest BCUT2D eigenvalue weighted by atomic mass is 19.1. The molecule has 0 unspecified atom stereocenters. The number of hydrogen-bond acceptors (Lipinski definition) is 5. The summed E-state index contributed by atoms with van der Waals surface area (Å²) < 4.78 is 24.8. The quantitative estimate of drug-likeness (QED) is 0.873. The van der Waals surface area contributed by atoms with E-state index >= 15 is 0 Å². The van der Waals surface area contributed by atoms with Gasteiger partial charge in [0.2, 0.25) is 0 Å². The molecule has 112 valence electrons. The first-order valence-electron chi connectivity index (χ1n) is 6.35. The maximum atomic E-state index is 13.3. The summed E-state index contributed by atoms with van der Waals surface area (Å²) >= 11 is 0. The number of carbonyl (C=O) groups excluding carboxylic acids is 1. The first-order chi connectivity index (χ1) is 9.99. The summed E-state index contributed by atoms with van der Waals surface area (Å²) in [5, 5.41) is 0. The lowest BCUT2D eigenvalue weighted by molar-refractivity contribution is 0.0521. The van der Waals surface area contributed by atoms with Gasteiger partial charge >= 0.3 is 5.97 Å². The number of nitrogens with zero attached hydrogens (tertiary/aromatic N) is 2. The van der Waals surface area contributed by atoms with E-state index < -0.39 is 11.8 Å². The van der Waals surface area contributed by atoms with Gasteiger partial charge in [0.15, 0.2) is 5.69 Å². The van der Waals surface area contributed by atoms with Gasteiger partial charge in [0.25, 0.3) is 0 Å². The van der Waals surface area contributed by atoms with Gasteiger partial charge in [-0.15, -0.1) is 0 Å². The average Bonchev–Trinajstić information content (AvgIpc) is 2.74. The predicted molar refractivity (Wildman–Crippen MR) is 75.2 cm³/mol. The number of hydrogen-bond donors (Lipinski definition) is 1. The highest BCUT2D eigenvalue weighted by Crippen LogP contribution is 2.29. The summed E-state index contributed by atoms with van der Waals surface area (Å²) in [6, 6.07) is 4.02. The van der Waals surface area contributed by atoms with E-state index in [1.807, 2.05) is 0 Å². The van der Waals surface area contributed by atoms with Crippen LogP contribution in [-0.2, 0) is 4.74 Å². The zero-order valence-electron chi connectivity index (χ0n) is 12.0. The first-order valence-corrected chi connectivity index (χ1v) is 6.35. The maximum absolute atomic E-state index is 13.3. The molecule has 0 saturated heterocycles. The number of methoxy groups -OCH3 is 1. The van der Waals surface area contributed by atoms with E-state index in [0.29, 0.717) is 11.5 Å². The minimum Gasteiger partial charge on any atom is -0.494 e. The van der Waals surface area contributed by atoms with E-state index in [-0.39, 0.29) is 23.9 Å². The summed E-state index contributed by atoms with van der Waals surface area (Å²) in [6.45, 7) is 3.60. The molecule has 0 amide bonds. The van der Waals surface area contributed by atoms with Gasteiger partial charge in [0.1, 0.15) is 23.2 Å². The van der Waals surface area contributed by atoms with Crippen LogP contribution in [0.4, 0.5) is 10.2 Å². The number of ether oxygens (including phenoxy) is 2. The summed E-state index contributed by atoms with van der Waals surface area (Å²) in [5.74, 6) is -0.149. The average molecular weight is 293 g/mol. The molecule has 0 aliphatic heterocycles. The predicted octanol–water partition coefficient (Wildman–Crippen LogP) is 2.09. The monoisotopic (exact) mass is 293 g/mol. The van der Waals surface area contributed by atoms with E-state index in [1.54, 1.807) is 13.8 Å². The van der Waals surface area contributed by atoms with Gasteiger partial charge < -0.3 is 15.2 Å². The molecule has 1 aromatic heterocycles. The molecule has 1 heterocycles. The zero-order chi connectivity index (χ0) is 15.6. The summed E-state index contributed by atoms with van der Waals surface area (Å²) in [5.41, 5.74) is 6.50. The minimum atomic E-state index is -0.599. The highest BCUT2D eigenvalue weighted by molar-refractivity contribution is 5.92. The number of esters is 1. The largest absolute Gasteiger partial charge is 0.494 e. The van der Waals surface area contributed by atoms with Crippen molar-refractivity contribution >= 4 is 11.8 Å². The van der Waals surface area contributed by atoms with E-state index in [4.69, 9.17) is 15.2 Å². The second kappa shape index (κ2) is 5.82. The van der Waals surface area contributed by atoms with Crippen molar-refractivity contribution in [2.24, 2.45) is 0 Å². The van der Waals surface area contributed by atoms with Crippen LogP contribution in [0.5, 0.6) is 5.75 Å². The van der Waals surface area contributed by atoms with Crippen molar-refractivity contribution in [3.05, 3.63) is 35.5 Å². The molecule has 0 radical (unpaired) electrons. The molecule has 0 fully saturated rings. The smallest absolute Gasteiger partial charge is 0.360 e. The van der Waals surface area contributed by atoms with Crippen molar-refractivity contribution in [3.63, 3.8) is 0 Å². The van der Waals surface area contributed by atoms with Crippen LogP contribution in [0, 0.1) is 12.7 Å². The van der Waals surface area contributed by atoms with Crippen LogP contribution in [0.2, 0.25) is 0 Å². The fraction of sp³-hybridized carbons (Fsp3) is 0.286. The van der Waals surface area contributed by atoms with E-state index in [9.17, 15) is 9.18 Å². The van der Waals surface area contributed by atoms with Gasteiger partial charge in [-0.2, -0.15) is 0 Å². The third-order valence-corrected chi connectivity index (χ3v) is 2.93. The second-order valence-electron chi connectivity index (χ2n) is 4.26. The third-order valence-electron chi connectivity index (χ3n) is 2.93. The molecule has 0 aliphatic carbocycles. The molecule has 0 atom stereocenters. The summed E-state index contributed by atoms with van der Waals surface area (Å²) in [4.78, 5) is 15.9. The Hall–Kier alpha value is -2.57. The van der Waals surface area contributed by atoms with Gasteiger partial charge in [-0.05, 0) is 26.0 Å². The summed E-state index contributed by atoms with van der Waals surface area (Å²) in [6.07, 6.45) is 0. The van der Waals surface area contributed by atoms with Crippen LogP contribution in [0.15, 0.2) is 18.2 Å². The SMILES string of the molecule is CCOC(=O)c1nc(C)n(-c2ccc(F)cc2OC)c1N. The Morgan fingerprint density at radius 2 is 2.19 bits per heavy atom. The van der Waals surface area contributed by atoms with Crippen LogP contribution in [0.1, 0.15) is 23.2 Å². The number of benzene rings is 1. The van der Waals surface area contributed by atoms with Gasteiger partial charge in [-0.1, -0.05) is 0 Å². The zero-order valence-corrected chi connectivity index (χ0v) is 12.0. The van der Waals surface area contributed by atoms with Crippen LogP contribution < -0.4 is 10.5 Å². The molecule has 0 aliphatic rings. The molecule has 7 heteroatoms. The molecule has 0 saturated carbocycles. The Morgan fingerprint density at radius 1 is 1.48 bits per heavy atom. The van der Waals surface area contributed by atoms with Crippen molar-refractivity contribution in [1.82, 2.24) is 9.55 Å². The maximum Gasteiger partial charge on any atom is 0.360 e. The Morgan fingerprint density at radius 3 is 2.81 bits per heavy atom. The number of halogens is 1. The van der Waals surface area contributed by atoms with Crippen LogP contribution in [0.25, 0.3) is 5.69 Å². The van der Waals surface area contributed by atoms with Crippen molar-refractivity contribution in [3.8, 4) is 11.4 Å². The van der Waals surface area contributed by atoms with Crippen LogP contribution in [-0.4, -0.2) is 29.2 Å². The van der Waals surface area contributed by atoms with Gasteiger partial charge in [-0.3, -0.25) is 4.57 Å². The minimum absolute atomic E-state index is 0.0285. The number of rotatable bonds is 4. The number of carbonyl (C=O) groups is 1.